The molecule has 0 radical (unpaired) electrons. The molecule has 122 valence electrons. The zero-order valence-electron chi connectivity index (χ0n) is 12.7. The van der Waals surface area contributed by atoms with Crippen molar-refractivity contribution in [2.24, 2.45) is 23.7 Å². The van der Waals surface area contributed by atoms with Crippen molar-refractivity contribution in [3.8, 4) is 0 Å². The molecule has 4 bridgehead atoms. The molecule has 1 aromatic rings. The maximum atomic E-state index is 12.6. The van der Waals surface area contributed by atoms with Crippen molar-refractivity contribution in [3.63, 3.8) is 0 Å². The number of carbonyl (C=O) groups is 1. The SMILES string of the molecule is O=C(NC1C2CC3CC(C2)CC1C3)c1ccc([N+](=O)[O-])cc1Cl. The number of hydrogen-bond acceptors (Lipinski definition) is 3. The fourth-order valence-corrected chi connectivity index (χ4v) is 5.45. The van der Waals surface area contributed by atoms with Crippen LogP contribution in [0.3, 0.4) is 0 Å². The number of nitrogens with zero attached hydrogens (tertiary/aromatic N) is 1. The summed E-state index contributed by atoms with van der Waals surface area (Å²) >= 11 is 6.07. The van der Waals surface area contributed by atoms with E-state index in [0.717, 1.165) is 11.8 Å². The molecule has 4 saturated carbocycles. The first kappa shape index (κ1) is 14.9. The highest BCUT2D eigenvalue weighted by atomic mass is 35.5. The monoisotopic (exact) mass is 334 g/mol. The summed E-state index contributed by atoms with van der Waals surface area (Å²) < 4.78 is 0. The number of halogens is 1. The van der Waals surface area contributed by atoms with Crippen LogP contribution in [0.1, 0.15) is 42.5 Å². The quantitative estimate of drug-likeness (QED) is 0.675. The summed E-state index contributed by atoms with van der Waals surface area (Å²) in [4.78, 5) is 22.8. The van der Waals surface area contributed by atoms with Gasteiger partial charge in [0.15, 0.2) is 0 Å². The van der Waals surface area contributed by atoms with E-state index in [1.807, 2.05) is 0 Å². The zero-order chi connectivity index (χ0) is 16.1. The molecule has 0 heterocycles. The lowest BCUT2D eigenvalue weighted by Crippen LogP contribution is -2.55. The van der Waals surface area contributed by atoms with Crippen molar-refractivity contribution in [3.05, 3.63) is 38.9 Å². The fraction of sp³-hybridized carbons (Fsp3) is 0.588. The number of non-ortho nitro benzene ring substituents is 1. The van der Waals surface area contributed by atoms with E-state index in [9.17, 15) is 14.9 Å². The third-order valence-corrected chi connectivity index (χ3v) is 6.25. The molecule has 0 atom stereocenters. The Hall–Kier alpha value is -1.62. The summed E-state index contributed by atoms with van der Waals surface area (Å²) in [5, 5.41) is 14.1. The standard InChI is InChI=1S/C17H19ClN2O3/c18-15-8-13(20(22)23)1-2-14(15)17(21)19-16-11-4-9-3-10(6-11)7-12(16)5-9/h1-2,8-12,16H,3-7H2,(H,19,21). The van der Waals surface area contributed by atoms with E-state index in [4.69, 9.17) is 11.6 Å². The fourth-order valence-electron chi connectivity index (χ4n) is 5.19. The molecule has 5 nitrogen and oxygen atoms in total. The number of nitrogens with one attached hydrogen (secondary N) is 1. The molecule has 0 spiro atoms. The van der Waals surface area contributed by atoms with Gasteiger partial charge in [0.05, 0.1) is 15.5 Å². The molecule has 4 aliphatic rings. The molecular weight excluding hydrogens is 316 g/mol. The zero-order valence-corrected chi connectivity index (χ0v) is 13.5. The minimum Gasteiger partial charge on any atom is -0.349 e. The average Bonchev–Trinajstić information content (AvgIpc) is 2.49. The Morgan fingerprint density at radius 2 is 1.74 bits per heavy atom. The second kappa shape index (κ2) is 5.48. The van der Waals surface area contributed by atoms with Crippen molar-refractivity contribution < 1.29 is 9.72 Å². The first-order chi connectivity index (χ1) is 11.0. The molecule has 0 aliphatic heterocycles. The molecule has 6 heteroatoms. The van der Waals surface area contributed by atoms with Crippen LogP contribution in [0, 0.1) is 33.8 Å². The van der Waals surface area contributed by atoms with Crippen molar-refractivity contribution in [2.75, 3.05) is 0 Å². The van der Waals surface area contributed by atoms with Crippen molar-refractivity contribution in [1.29, 1.82) is 0 Å². The topological polar surface area (TPSA) is 72.2 Å². The summed E-state index contributed by atoms with van der Waals surface area (Å²) in [7, 11) is 0. The van der Waals surface area contributed by atoms with E-state index >= 15 is 0 Å². The van der Waals surface area contributed by atoms with Crippen molar-refractivity contribution >= 4 is 23.2 Å². The molecule has 5 rings (SSSR count). The highest BCUT2D eigenvalue weighted by Crippen LogP contribution is 2.53. The lowest BCUT2D eigenvalue weighted by atomic mass is 9.54. The van der Waals surface area contributed by atoms with Gasteiger partial charge in [0.2, 0.25) is 0 Å². The molecule has 0 saturated heterocycles. The largest absolute Gasteiger partial charge is 0.349 e. The molecule has 0 aromatic heterocycles. The lowest BCUT2D eigenvalue weighted by molar-refractivity contribution is -0.384. The third kappa shape index (κ3) is 2.61. The van der Waals surface area contributed by atoms with Gasteiger partial charge in [0, 0.05) is 18.2 Å². The summed E-state index contributed by atoms with van der Waals surface area (Å²) in [5.41, 5.74) is 0.229. The molecule has 0 unspecified atom stereocenters. The Morgan fingerprint density at radius 3 is 2.26 bits per heavy atom. The normalized spacial score (nSPS) is 34.4. The van der Waals surface area contributed by atoms with Crippen molar-refractivity contribution in [2.45, 2.75) is 38.1 Å². The molecular formula is C17H19ClN2O3. The van der Waals surface area contributed by atoms with Gasteiger partial charge < -0.3 is 5.32 Å². The maximum Gasteiger partial charge on any atom is 0.270 e. The van der Waals surface area contributed by atoms with E-state index in [1.165, 1.54) is 50.3 Å². The van der Waals surface area contributed by atoms with E-state index in [1.54, 1.807) is 0 Å². The summed E-state index contributed by atoms with van der Waals surface area (Å²) in [6, 6.07) is 4.26. The minimum absolute atomic E-state index is 0.0961. The van der Waals surface area contributed by atoms with Crippen LogP contribution in [-0.2, 0) is 0 Å². The Kier molecular flexibility index (Phi) is 3.56. The maximum absolute atomic E-state index is 12.6. The van der Waals surface area contributed by atoms with E-state index in [2.05, 4.69) is 5.32 Å². The summed E-state index contributed by atoms with van der Waals surface area (Å²) in [5.74, 6) is 2.68. The number of nitro groups is 1. The Morgan fingerprint density at radius 1 is 1.13 bits per heavy atom. The number of hydrogen-bond donors (Lipinski definition) is 1. The number of rotatable bonds is 3. The highest BCUT2D eigenvalue weighted by Gasteiger charge is 2.48. The van der Waals surface area contributed by atoms with Crippen LogP contribution in [0.5, 0.6) is 0 Å². The van der Waals surface area contributed by atoms with Crippen LogP contribution in [0.25, 0.3) is 0 Å². The number of amides is 1. The van der Waals surface area contributed by atoms with Gasteiger partial charge >= 0.3 is 0 Å². The minimum atomic E-state index is -0.509. The van der Waals surface area contributed by atoms with Gasteiger partial charge in [0.1, 0.15) is 0 Å². The van der Waals surface area contributed by atoms with Crippen LogP contribution >= 0.6 is 11.6 Å². The molecule has 23 heavy (non-hydrogen) atoms. The predicted molar refractivity (Wildman–Crippen MR) is 86.4 cm³/mol. The number of benzene rings is 1. The van der Waals surface area contributed by atoms with Gasteiger partial charge in [-0.15, -0.1) is 0 Å². The summed E-state index contributed by atoms with van der Waals surface area (Å²) in [6.07, 6.45) is 6.29. The highest BCUT2D eigenvalue weighted by molar-refractivity contribution is 6.34. The van der Waals surface area contributed by atoms with Crippen LogP contribution in [0.15, 0.2) is 18.2 Å². The molecule has 4 aliphatic carbocycles. The molecule has 4 fully saturated rings. The number of nitro benzene ring substituents is 1. The second-order valence-corrected chi connectivity index (χ2v) is 7.76. The predicted octanol–water partition coefficient (Wildman–Crippen LogP) is 3.80. The first-order valence-electron chi connectivity index (χ1n) is 8.26. The molecule has 1 aromatic carbocycles. The van der Waals surface area contributed by atoms with E-state index in [-0.39, 0.29) is 22.7 Å². The Bertz CT molecular complexity index is 648. The van der Waals surface area contributed by atoms with Gasteiger partial charge in [-0.25, -0.2) is 0 Å². The van der Waals surface area contributed by atoms with Gasteiger partial charge in [-0.3, -0.25) is 14.9 Å². The molecule has 1 N–H and O–H groups in total. The average molecular weight is 335 g/mol. The van der Waals surface area contributed by atoms with Crippen molar-refractivity contribution in [1.82, 2.24) is 5.32 Å². The van der Waals surface area contributed by atoms with Gasteiger partial charge in [-0.05, 0) is 61.8 Å². The van der Waals surface area contributed by atoms with Crippen LogP contribution in [0.4, 0.5) is 5.69 Å². The smallest absolute Gasteiger partial charge is 0.270 e. The first-order valence-corrected chi connectivity index (χ1v) is 8.64. The molecule has 1 amide bonds. The second-order valence-electron chi connectivity index (χ2n) is 7.35. The summed E-state index contributed by atoms with van der Waals surface area (Å²) in [6.45, 7) is 0. The van der Waals surface area contributed by atoms with Crippen LogP contribution in [-0.4, -0.2) is 16.9 Å². The third-order valence-electron chi connectivity index (χ3n) is 5.93. The van der Waals surface area contributed by atoms with E-state index < -0.39 is 4.92 Å². The van der Waals surface area contributed by atoms with E-state index in [0.29, 0.717) is 17.4 Å². The number of carbonyl (C=O) groups excluding carboxylic acids is 1. The van der Waals surface area contributed by atoms with Crippen LogP contribution < -0.4 is 5.32 Å². The Balaban J connectivity index is 1.51. The van der Waals surface area contributed by atoms with Crippen LogP contribution in [0.2, 0.25) is 5.02 Å². The van der Waals surface area contributed by atoms with Gasteiger partial charge in [-0.1, -0.05) is 11.6 Å². The van der Waals surface area contributed by atoms with Gasteiger partial charge in [-0.2, -0.15) is 0 Å². The Labute approximate surface area is 139 Å². The van der Waals surface area contributed by atoms with Gasteiger partial charge in [0.25, 0.3) is 11.6 Å². The lowest BCUT2D eigenvalue weighted by Gasteiger charge is -2.54.